The second-order valence-corrected chi connectivity index (χ2v) is 5.15. The van der Waals surface area contributed by atoms with Crippen molar-refractivity contribution in [3.05, 3.63) is 69.5 Å². The number of halogens is 2. The zero-order valence-corrected chi connectivity index (χ0v) is 11.7. The van der Waals surface area contributed by atoms with Crippen molar-refractivity contribution in [3.63, 3.8) is 0 Å². The Bertz CT molecular complexity index is 595. The smallest absolute Gasteiger partial charge is 0.123 e. The molecule has 0 fully saturated rings. The maximum Gasteiger partial charge on any atom is 0.123 e. The molecular formula is C16H16ClFO. The molecule has 0 saturated heterocycles. The predicted molar refractivity (Wildman–Crippen MR) is 76.0 cm³/mol. The van der Waals surface area contributed by atoms with Gasteiger partial charge in [-0.05, 0) is 54.3 Å². The first-order valence-electron chi connectivity index (χ1n) is 6.17. The van der Waals surface area contributed by atoms with Crippen LogP contribution in [-0.4, -0.2) is 5.11 Å². The van der Waals surface area contributed by atoms with E-state index in [4.69, 9.17) is 11.6 Å². The average molecular weight is 279 g/mol. The van der Waals surface area contributed by atoms with Gasteiger partial charge in [0.25, 0.3) is 0 Å². The molecule has 0 radical (unpaired) electrons. The van der Waals surface area contributed by atoms with Gasteiger partial charge in [-0.2, -0.15) is 0 Å². The minimum atomic E-state index is -0.681. The summed E-state index contributed by atoms with van der Waals surface area (Å²) in [5.41, 5.74) is 3.44. The van der Waals surface area contributed by atoms with E-state index in [0.717, 1.165) is 22.3 Å². The molecule has 0 heterocycles. The van der Waals surface area contributed by atoms with Crippen molar-refractivity contribution in [2.45, 2.75) is 26.4 Å². The molecule has 0 aromatic heterocycles. The minimum absolute atomic E-state index is 0.282. The van der Waals surface area contributed by atoms with E-state index in [2.05, 4.69) is 0 Å². The first kappa shape index (κ1) is 14.0. The van der Waals surface area contributed by atoms with Crippen LogP contribution in [0.2, 0.25) is 5.02 Å². The normalized spacial score (nSPS) is 12.5. The molecule has 19 heavy (non-hydrogen) atoms. The summed E-state index contributed by atoms with van der Waals surface area (Å²) in [5, 5.41) is 10.9. The van der Waals surface area contributed by atoms with E-state index < -0.39 is 6.10 Å². The summed E-state index contributed by atoms with van der Waals surface area (Å²) in [5.74, 6) is -0.282. The highest BCUT2D eigenvalue weighted by atomic mass is 35.5. The van der Waals surface area contributed by atoms with Gasteiger partial charge in [-0.25, -0.2) is 4.39 Å². The van der Waals surface area contributed by atoms with Gasteiger partial charge in [0.05, 0.1) is 6.10 Å². The lowest BCUT2D eigenvalue weighted by atomic mass is 9.95. The molecule has 2 aromatic carbocycles. The topological polar surface area (TPSA) is 20.2 Å². The van der Waals surface area contributed by atoms with Crippen LogP contribution in [0, 0.1) is 19.7 Å². The van der Waals surface area contributed by atoms with Gasteiger partial charge in [-0.3, -0.25) is 0 Å². The fourth-order valence-electron chi connectivity index (χ4n) is 2.16. The van der Waals surface area contributed by atoms with E-state index >= 15 is 0 Å². The van der Waals surface area contributed by atoms with Crippen LogP contribution in [0.15, 0.2) is 36.4 Å². The van der Waals surface area contributed by atoms with Gasteiger partial charge in [-0.1, -0.05) is 29.8 Å². The molecule has 2 rings (SSSR count). The van der Waals surface area contributed by atoms with E-state index in [0.29, 0.717) is 11.4 Å². The summed E-state index contributed by atoms with van der Waals surface area (Å²) in [6.07, 6.45) is -0.302. The summed E-state index contributed by atoms with van der Waals surface area (Å²) in [6.45, 7) is 3.78. The molecule has 0 aliphatic rings. The Morgan fingerprint density at radius 1 is 1.21 bits per heavy atom. The fraction of sp³-hybridized carbons (Fsp3) is 0.250. The third-order valence-corrected chi connectivity index (χ3v) is 3.80. The number of aryl methyl sites for hydroxylation is 1. The van der Waals surface area contributed by atoms with Gasteiger partial charge < -0.3 is 5.11 Å². The van der Waals surface area contributed by atoms with Crippen LogP contribution in [0.5, 0.6) is 0 Å². The van der Waals surface area contributed by atoms with Crippen LogP contribution in [0.3, 0.4) is 0 Å². The zero-order chi connectivity index (χ0) is 14.0. The highest BCUT2D eigenvalue weighted by Gasteiger charge is 2.14. The van der Waals surface area contributed by atoms with Gasteiger partial charge in [0.2, 0.25) is 0 Å². The van der Waals surface area contributed by atoms with Gasteiger partial charge in [0, 0.05) is 11.4 Å². The van der Waals surface area contributed by atoms with Gasteiger partial charge in [0.1, 0.15) is 5.82 Å². The van der Waals surface area contributed by atoms with Crippen molar-refractivity contribution in [1.29, 1.82) is 0 Å². The monoisotopic (exact) mass is 278 g/mol. The van der Waals surface area contributed by atoms with E-state index in [-0.39, 0.29) is 5.82 Å². The summed E-state index contributed by atoms with van der Waals surface area (Å²) in [7, 11) is 0. The third-order valence-electron chi connectivity index (χ3n) is 3.39. The second kappa shape index (κ2) is 5.72. The first-order valence-corrected chi connectivity index (χ1v) is 6.55. The highest BCUT2D eigenvalue weighted by molar-refractivity contribution is 6.31. The molecule has 1 unspecified atom stereocenters. The number of aliphatic hydroxyl groups is 1. The van der Waals surface area contributed by atoms with Crippen molar-refractivity contribution in [3.8, 4) is 0 Å². The summed E-state index contributed by atoms with van der Waals surface area (Å²) >= 11 is 6.05. The highest BCUT2D eigenvalue weighted by Crippen LogP contribution is 2.27. The lowest BCUT2D eigenvalue weighted by Crippen LogP contribution is -2.05. The summed E-state index contributed by atoms with van der Waals surface area (Å²) in [6, 6.07) is 10.1. The number of rotatable bonds is 3. The fourth-order valence-corrected chi connectivity index (χ4v) is 2.35. The van der Waals surface area contributed by atoms with Crippen molar-refractivity contribution >= 4 is 11.6 Å². The maximum absolute atomic E-state index is 13.2. The predicted octanol–water partition coefficient (Wildman–Crippen LogP) is 4.37. The zero-order valence-electron chi connectivity index (χ0n) is 11.0. The molecule has 1 N–H and O–H groups in total. The standard InChI is InChI=1S/C16H16ClFO/c1-10-6-7-13(18)8-12(10)9-16(19)14-4-3-5-15(17)11(14)2/h3-8,16,19H,9H2,1-2H3. The number of hydrogen-bond acceptors (Lipinski definition) is 1. The number of hydrogen-bond donors (Lipinski definition) is 1. The Hall–Kier alpha value is -1.38. The molecule has 3 heteroatoms. The molecule has 0 saturated carbocycles. The van der Waals surface area contributed by atoms with Crippen LogP contribution in [-0.2, 0) is 6.42 Å². The van der Waals surface area contributed by atoms with E-state index in [1.54, 1.807) is 12.1 Å². The van der Waals surface area contributed by atoms with Crippen molar-refractivity contribution in [2.24, 2.45) is 0 Å². The van der Waals surface area contributed by atoms with Gasteiger partial charge >= 0.3 is 0 Å². The van der Waals surface area contributed by atoms with Crippen LogP contribution >= 0.6 is 11.6 Å². The summed E-state index contributed by atoms with van der Waals surface area (Å²) in [4.78, 5) is 0. The van der Waals surface area contributed by atoms with Crippen molar-refractivity contribution in [1.82, 2.24) is 0 Å². The molecule has 0 aliphatic heterocycles. The molecule has 2 aromatic rings. The van der Waals surface area contributed by atoms with Crippen LogP contribution in [0.4, 0.5) is 4.39 Å². The third kappa shape index (κ3) is 3.14. The number of benzene rings is 2. The lowest BCUT2D eigenvalue weighted by molar-refractivity contribution is 0.177. The lowest BCUT2D eigenvalue weighted by Gasteiger charge is -2.16. The maximum atomic E-state index is 13.2. The largest absolute Gasteiger partial charge is 0.388 e. The van der Waals surface area contributed by atoms with E-state index in [1.807, 2.05) is 26.0 Å². The Balaban J connectivity index is 2.28. The van der Waals surface area contributed by atoms with Crippen molar-refractivity contribution in [2.75, 3.05) is 0 Å². The number of aliphatic hydroxyl groups excluding tert-OH is 1. The molecule has 0 bridgehead atoms. The Labute approximate surface area is 117 Å². The van der Waals surface area contributed by atoms with Gasteiger partial charge in [0.15, 0.2) is 0 Å². The van der Waals surface area contributed by atoms with E-state index in [9.17, 15) is 9.50 Å². The van der Waals surface area contributed by atoms with Crippen LogP contribution in [0.1, 0.15) is 28.4 Å². The molecule has 1 atom stereocenters. The quantitative estimate of drug-likeness (QED) is 0.884. The summed E-state index contributed by atoms with van der Waals surface area (Å²) < 4.78 is 13.2. The molecule has 0 amide bonds. The second-order valence-electron chi connectivity index (χ2n) is 4.74. The van der Waals surface area contributed by atoms with Crippen LogP contribution < -0.4 is 0 Å². The molecule has 0 aliphatic carbocycles. The molecule has 1 nitrogen and oxygen atoms in total. The Morgan fingerprint density at radius 2 is 1.95 bits per heavy atom. The SMILES string of the molecule is Cc1ccc(F)cc1CC(O)c1cccc(Cl)c1C. The van der Waals surface area contributed by atoms with E-state index in [1.165, 1.54) is 12.1 Å². The Kier molecular flexibility index (Phi) is 4.23. The van der Waals surface area contributed by atoms with Gasteiger partial charge in [-0.15, -0.1) is 0 Å². The van der Waals surface area contributed by atoms with Crippen LogP contribution in [0.25, 0.3) is 0 Å². The molecular weight excluding hydrogens is 263 g/mol. The average Bonchev–Trinajstić information content (AvgIpc) is 2.37. The minimum Gasteiger partial charge on any atom is -0.388 e. The molecule has 0 spiro atoms. The Morgan fingerprint density at radius 3 is 2.68 bits per heavy atom. The van der Waals surface area contributed by atoms with Crippen molar-refractivity contribution < 1.29 is 9.50 Å². The first-order chi connectivity index (χ1) is 8.99. The molecule has 100 valence electrons.